The second kappa shape index (κ2) is 9.92. The number of hydrogen-bond donors (Lipinski definition) is 3. The van der Waals surface area contributed by atoms with Crippen LogP contribution in [0.1, 0.15) is 42.6 Å². The van der Waals surface area contributed by atoms with Crippen molar-refractivity contribution in [2.24, 2.45) is 5.92 Å². The van der Waals surface area contributed by atoms with Crippen LogP contribution in [0.3, 0.4) is 0 Å². The number of rotatable bonds is 7. The Balaban J connectivity index is 1.44. The third kappa shape index (κ3) is 5.43. The maximum atomic E-state index is 13.5. The van der Waals surface area contributed by atoms with Crippen LogP contribution in [0.4, 0.5) is 8.78 Å². The number of nitrogens with zero attached hydrogens (tertiary/aromatic N) is 3. The molecule has 0 saturated heterocycles. The fourth-order valence-corrected chi connectivity index (χ4v) is 4.56. The standard InChI is InChI=1S/C21H23F2IN6O2/c22-14-6-13-7-17(26-16(13)8-15(14)23)21(32)27-18(12-4-2-1-3-5-12)9-25-20(31)11-30-10-19(24)28-29-30/h6-8,10,12,18,26H,1-5,9,11H2,(H,25,31)(H,27,32). The number of aromatic nitrogens is 4. The zero-order chi connectivity index (χ0) is 22.7. The quantitative estimate of drug-likeness (QED) is 0.389. The topological polar surface area (TPSA) is 105 Å². The molecule has 1 aliphatic rings. The van der Waals surface area contributed by atoms with Crippen LogP contribution in [-0.2, 0) is 11.3 Å². The second-order valence-corrected chi connectivity index (χ2v) is 9.16. The average molecular weight is 556 g/mol. The first kappa shape index (κ1) is 22.6. The van der Waals surface area contributed by atoms with Crippen molar-refractivity contribution in [3.05, 3.63) is 45.4 Å². The Morgan fingerprint density at radius 3 is 2.66 bits per heavy atom. The highest BCUT2D eigenvalue weighted by Gasteiger charge is 2.26. The Morgan fingerprint density at radius 2 is 1.94 bits per heavy atom. The van der Waals surface area contributed by atoms with Gasteiger partial charge in [-0.3, -0.25) is 9.59 Å². The predicted octanol–water partition coefficient (Wildman–Crippen LogP) is 3.14. The second-order valence-electron chi connectivity index (χ2n) is 8.06. The van der Waals surface area contributed by atoms with Gasteiger partial charge in [0.1, 0.15) is 15.9 Å². The number of halogens is 3. The predicted molar refractivity (Wildman–Crippen MR) is 122 cm³/mol. The smallest absolute Gasteiger partial charge is 0.268 e. The van der Waals surface area contributed by atoms with Gasteiger partial charge in [0.15, 0.2) is 11.6 Å². The Morgan fingerprint density at radius 1 is 1.19 bits per heavy atom. The van der Waals surface area contributed by atoms with E-state index in [4.69, 9.17) is 0 Å². The summed E-state index contributed by atoms with van der Waals surface area (Å²) >= 11 is 2.02. The van der Waals surface area contributed by atoms with Gasteiger partial charge in [0.05, 0.1) is 6.20 Å². The molecular weight excluding hydrogens is 533 g/mol. The first-order valence-electron chi connectivity index (χ1n) is 10.5. The van der Waals surface area contributed by atoms with Gasteiger partial charge in [-0.1, -0.05) is 24.5 Å². The Kier molecular flexibility index (Phi) is 7.01. The lowest BCUT2D eigenvalue weighted by atomic mass is 9.83. The summed E-state index contributed by atoms with van der Waals surface area (Å²) < 4.78 is 29.2. The van der Waals surface area contributed by atoms with E-state index in [2.05, 4.69) is 25.9 Å². The molecule has 3 N–H and O–H groups in total. The van der Waals surface area contributed by atoms with E-state index in [1.807, 2.05) is 22.6 Å². The molecule has 0 aliphatic heterocycles. The van der Waals surface area contributed by atoms with Crippen molar-refractivity contribution in [3.8, 4) is 0 Å². The van der Waals surface area contributed by atoms with E-state index in [0.717, 1.165) is 44.2 Å². The summed E-state index contributed by atoms with van der Waals surface area (Å²) in [6.07, 6.45) is 6.91. The minimum Gasteiger partial charge on any atom is -0.352 e. The molecule has 2 amide bonds. The Hall–Kier alpha value is -2.57. The number of aromatic amines is 1. The number of amides is 2. The molecular formula is C21H23F2IN6O2. The van der Waals surface area contributed by atoms with E-state index < -0.39 is 11.6 Å². The summed E-state index contributed by atoms with van der Waals surface area (Å²) in [5.41, 5.74) is 0.563. The number of carbonyl (C=O) groups excluding carboxylic acids is 2. The Bertz CT molecular complexity index is 1090. The molecule has 2 heterocycles. The molecule has 32 heavy (non-hydrogen) atoms. The molecule has 8 nitrogen and oxygen atoms in total. The van der Waals surface area contributed by atoms with Crippen molar-refractivity contribution in [1.82, 2.24) is 30.6 Å². The molecule has 2 aromatic heterocycles. The van der Waals surface area contributed by atoms with Crippen LogP contribution < -0.4 is 10.6 Å². The molecule has 1 aliphatic carbocycles. The minimum atomic E-state index is -0.976. The van der Waals surface area contributed by atoms with Crippen molar-refractivity contribution < 1.29 is 18.4 Å². The minimum absolute atomic E-state index is 0.0421. The summed E-state index contributed by atoms with van der Waals surface area (Å²) in [6, 6.07) is 3.33. The molecule has 1 saturated carbocycles. The highest BCUT2D eigenvalue weighted by Crippen LogP contribution is 2.27. The van der Waals surface area contributed by atoms with Crippen LogP contribution in [-0.4, -0.2) is 44.4 Å². The number of nitrogens with one attached hydrogen (secondary N) is 3. The number of H-pyrrole nitrogens is 1. The monoisotopic (exact) mass is 556 g/mol. The van der Waals surface area contributed by atoms with Gasteiger partial charge in [0.25, 0.3) is 5.91 Å². The van der Waals surface area contributed by atoms with E-state index in [-0.39, 0.29) is 42.6 Å². The van der Waals surface area contributed by atoms with Crippen LogP contribution in [0, 0.1) is 21.3 Å². The molecule has 3 aromatic rings. The van der Waals surface area contributed by atoms with Crippen molar-refractivity contribution in [3.63, 3.8) is 0 Å². The lowest BCUT2D eigenvalue weighted by molar-refractivity contribution is -0.122. The van der Waals surface area contributed by atoms with Gasteiger partial charge in [-0.05, 0) is 53.5 Å². The van der Waals surface area contributed by atoms with Crippen molar-refractivity contribution in [2.75, 3.05) is 6.54 Å². The first-order valence-corrected chi connectivity index (χ1v) is 11.6. The van der Waals surface area contributed by atoms with Crippen molar-refractivity contribution in [1.29, 1.82) is 0 Å². The van der Waals surface area contributed by atoms with Crippen molar-refractivity contribution in [2.45, 2.75) is 44.7 Å². The third-order valence-corrected chi connectivity index (χ3v) is 6.27. The van der Waals surface area contributed by atoms with E-state index in [0.29, 0.717) is 14.6 Å². The summed E-state index contributed by atoms with van der Waals surface area (Å²) in [7, 11) is 0. The third-order valence-electron chi connectivity index (χ3n) is 5.78. The molecule has 1 atom stereocenters. The van der Waals surface area contributed by atoms with Gasteiger partial charge in [-0.25, -0.2) is 13.5 Å². The zero-order valence-electron chi connectivity index (χ0n) is 17.2. The fourth-order valence-electron chi connectivity index (χ4n) is 4.15. The molecule has 1 fully saturated rings. The SMILES string of the molecule is O=C(Cn1cc(I)nn1)NCC(NC(=O)c1cc2cc(F)c(F)cc2[nH]1)C1CCCCC1. The molecule has 0 bridgehead atoms. The van der Waals surface area contributed by atoms with Crippen LogP contribution in [0.5, 0.6) is 0 Å². The van der Waals surface area contributed by atoms with E-state index >= 15 is 0 Å². The molecule has 11 heteroatoms. The van der Waals surface area contributed by atoms with E-state index in [1.54, 1.807) is 6.20 Å². The molecule has 170 valence electrons. The lowest BCUT2D eigenvalue weighted by Gasteiger charge is -2.31. The fraction of sp³-hybridized carbons (Fsp3) is 0.429. The highest BCUT2D eigenvalue weighted by atomic mass is 127. The van der Waals surface area contributed by atoms with Crippen LogP contribution >= 0.6 is 22.6 Å². The van der Waals surface area contributed by atoms with Crippen LogP contribution in [0.15, 0.2) is 24.4 Å². The van der Waals surface area contributed by atoms with Crippen molar-refractivity contribution >= 4 is 45.3 Å². The van der Waals surface area contributed by atoms with Crippen LogP contribution in [0.25, 0.3) is 10.9 Å². The zero-order valence-corrected chi connectivity index (χ0v) is 19.4. The molecule has 0 spiro atoms. The molecule has 4 rings (SSSR count). The summed E-state index contributed by atoms with van der Waals surface area (Å²) in [5.74, 6) is -2.31. The first-order chi connectivity index (χ1) is 15.4. The maximum Gasteiger partial charge on any atom is 0.268 e. The Labute approximate surface area is 196 Å². The van der Waals surface area contributed by atoms with Gasteiger partial charge < -0.3 is 15.6 Å². The average Bonchev–Trinajstić information content (AvgIpc) is 3.37. The van der Waals surface area contributed by atoms with Gasteiger partial charge in [0.2, 0.25) is 5.91 Å². The van der Waals surface area contributed by atoms with E-state index in [9.17, 15) is 18.4 Å². The van der Waals surface area contributed by atoms with E-state index in [1.165, 1.54) is 10.7 Å². The number of fused-ring (bicyclic) bond motifs is 1. The largest absolute Gasteiger partial charge is 0.352 e. The van der Waals surface area contributed by atoms with Gasteiger partial charge in [-0.2, -0.15) is 0 Å². The molecule has 1 unspecified atom stereocenters. The maximum absolute atomic E-state index is 13.5. The number of benzene rings is 1. The normalized spacial score (nSPS) is 15.6. The highest BCUT2D eigenvalue weighted by molar-refractivity contribution is 14.1. The molecule has 1 aromatic carbocycles. The molecule has 0 radical (unpaired) electrons. The summed E-state index contributed by atoms with van der Waals surface area (Å²) in [5, 5.41) is 14.0. The summed E-state index contributed by atoms with van der Waals surface area (Å²) in [6.45, 7) is 0.324. The number of carbonyl (C=O) groups is 2. The van der Waals surface area contributed by atoms with Gasteiger partial charge in [0, 0.05) is 29.6 Å². The summed E-state index contributed by atoms with van der Waals surface area (Å²) in [4.78, 5) is 28.1. The van der Waals surface area contributed by atoms with Gasteiger partial charge in [-0.15, -0.1) is 5.10 Å². The van der Waals surface area contributed by atoms with Crippen LogP contribution in [0.2, 0.25) is 0 Å². The number of hydrogen-bond acceptors (Lipinski definition) is 4. The van der Waals surface area contributed by atoms with Gasteiger partial charge >= 0.3 is 0 Å². The lowest BCUT2D eigenvalue weighted by Crippen LogP contribution is -2.49.